The average Bonchev–Trinajstić information content (AvgIpc) is 2.98. The number of carbonyl (C=O) groups is 4. The first kappa shape index (κ1) is 38.9. The molecule has 0 fully saturated rings. The molecule has 14 nitrogen and oxygen atoms in total. The summed E-state index contributed by atoms with van der Waals surface area (Å²) in [5, 5.41) is 25.7. The summed E-state index contributed by atoms with van der Waals surface area (Å²) in [5.41, 5.74) is 6.92. The second-order valence-corrected chi connectivity index (χ2v) is 13.0. The van der Waals surface area contributed by atoms with Crippen molar-refractivity contribution < 1.29 is 42.0 Å². The highest BCUT2D eigenvalue weighted by molar-refractivity contribution is 7.85. The molecule has 3 rings (SSSR count). The van der Waals surface area contributed by atoms with Crippen molar-refractivity contribution in [3.8, 4) is 11.1 Å². The molecule has 0 aliphatic carbocycles. The number of alkyl carbamates (subject to hydrolysis) is 1. The minimum atomic E-state index is -3.67. The van der Waals surface area contributed by atoms with Crippen LogP contribution in [0.25, 0.3) is 11.1 Å². The first-order chi connectivity index (χ1) is 22.4. The number of amides is 3. The van der Waals surface area contributed by atoms with Gasteiger partial charge in [0.2, 0.25) is 0 Å². The maximum atomic E-state index is 13.2. The van der Waals surface area contributed by atoms with Gasteiger partial charge < -0.3 is 31.5 Å². The predicted molar refractivity (Wildman–Crippen MR) is 182 cm³/mol. The largest absolute Gasteiger partial charge is 0.478 e. The first-order valence-corrected chi connectivity index (χ1v) is 16.6. The number of rotatable bonds is 12. The van der Waals surface area contributed by atoms with E-state index in [0.29, 0.717) is 54.6 Å². The molecule has 0 spiro atoms. The zero-order chi connectivity index (χ0) is 36.1. The standard InChI is InChI=1S/C32H37N5O6.CH4O3S/c1-32(2,3)43-31(42)36-18-8-4-7-17-35-28(38)21-13-16-24(26(19-21)30(40)41)23-9-5-6-10-25(23)29(39)37-22-14-11-20(12-15-22)27(33)34;1-5(2,3)4/h5-6,9-16,19H,4,7-8,17-18H2,1-3H3,(H3,33,34)(H,35,38)(H,36,42)(H,37,39)(H,40,41);1H3,(H,2,3,4). The van der Waals surface area contributed by atoms with E-state index in [1.54, 1.807) is 69.3 Å². The van der Waals surface area contributed by atoms with Gasteiger partial charge in [0.1, 0.15) is 11.4 Å². The van der Waals surface area contributed by atoms with Crippen LogP contribution in [0.1, 0.15) is 76.7 Å². The first-order valence-electron chi connectivity index (χ1n) is 14.8. The Morgan fingerprint density at radius 3 is 1.92 bits per heavy atom. The van der Waals surface area contributed by atoms with Gasteiger partial charge in [0.05, 0.1) is 11.8 Å². The fourth-order valence-corrected chi connectivity index (χ4v) is 4.18. The van der Waals surface area contributed by atoms with E-state index in [1.807, 2.05) is 0 Å². The van der Waals surface area contributed by atoms with Gasteiger partial charge in [-0.05, 0) is 93.6 Å². The predicted octanol–water partition coefficient (Wildman–Crippen LogP) is 4.52. The zero-order valence-corrected chi connectivity index (χ0v) is 27.9. The van der Waals surface area contributed by atoms with Crippen molar-refractivity contribution in [3.63, 3.8) is 0 Å². The quantitative estimate of drug-likeness (QED) is 0.0610. The van der Waals surface area contributed by atoms with Gasteiger partial charge in [-0.1, -0.05) is 24.3 Å². The maximum absolute atomic E-state index is 13.2. The number of aromatic carboxylic acids is 1. The number of nitrogens with one attached hydrogen (secondary N) is 4. The third-order valence-electron chi connectivity index (χ3n) is 6.24. The van der Waals surface area contributed by atoms with E-state index in [4.69, 9.17) is 20.4 Å². The summed E-state index contributed by atoms with van der Waals surface area (Å²) in [6, 6.07) is 17.4. The van der Waals surface area contributed by atoms with E-state index in [9.17, 15) is 32.7 Å². The van der Waals surface area contributed by atoms with Gasteiger partial charge in [-0.25, -0.2) is 9.59 Å². The van der Waals surface area contributed by atoms with Crippen molar-refractivity contribution >= 4 is 45.5 Å². The third kappa shape index (κ3) is 14.0. The summed E-state index contributed by atoms with van der Waals surface area (Å²) in [6.07, 6.45) is 2.39. The van der Waals surface area contributed by atoms with E-state index in [-0.39, 0.29) is 22.5 Å². The molecule has 3 aromatic carbocycles. The Morgan fingerprint density at radius 1 is 0.812 bits per heavy atom. The zero-order valence-electron chi connectivity index (χ0n) is 27.1. The van der Waals surface area contributed by atoms with Crippen molar-refractivity contribution in [1.29, 1.82) is 5.41 Å². The molecule has 0 saturated heterocycles. The van der Waals surface area contributed by atoms with Crippen molar-refractivity contribution in [2.75, 3.05) is 24.7 Å². The van der Waals surface area contributed by atoms with Crippen molar-refractivity contribution in [3.05, 3.63) is 89.0 Å². The molecular weight excluding hydrogens is 642 g/mol. The third-order valence-corrected chi connectivity index (χ3v) is 6.24. The van der Waals surface area contributed by atoms with Crippen LogP contribution >= 0.6 is 0 Å². The van der Waals surface area contributed by atoms with Crippen LogP contribution in [-0.4, -0.2) is 72.7 Å². The van der Waals surface area contributed by atoms with Crippen LogP contribution in [0.2, 0.25) is 0 Å². The number of amidine groups is 1. The number of hydrogen-bond donors (Lipinski definition) is 7. The summed E-state index contributed by atoms with van der Waals surface area (Å²) < 4.78 is 31.1. The molecule has 15 heteroatoms. The van der Waals surface area contributed by atoms with Crippen LogP contribution < -0.4 is 21.7 Å². The highest BCUT2D eigenvalue weighted by Crippen LogP contribution is 2.29. The van der Waals surface area contributed by atoms with Gasteiger partial charge in [0, 0.05) is 35.5 Å². The molecule has 0 aliphatic rings. The number of anilines is 1. The number of nitrogen functional groups attached to an aromatic ring is 1. The molecule has 0 bridgehead atoms. The highest BCUT2D eigenvalue weighted by atomic mass is 32.2. The summed E-state index contributed by atoms with van der Waals surface area (Å²) in [4.78, 5) is 49.8. The van der Waals surface area contributed by atoms with Crippen LogP contribution in [0.4, 0.5) is 10.5 Å². The second kappa shape index (κ2) is 17.6. The number of carbonyl (C=O) groups excluding carboxylic acids is 3. The molecule has 3 aromatic rings. The lowest BCUT2D eigenvalue weighted by Crippen LogP contribution is -2.33. The maximum Gasteiger partial charge on any atom is 0.407 e. The van der Waals surface area contributed by atoms with Crippen molar-refractivity contribution in [1.82, 2.24) is 10.6 Å². The van der Waals surface area contributed by atoms with Crippen LogP contribution in [0, 0.1) is 5.41 Å². The second-order valence-electron chi connectivity index (χ2n) is 11.5. The van der Waals surface area contributed by atoms with Gasteiger partial charge in [0.25, 0.3) is 21.9 Å². The van der Waals surface area contributed by atoms with Crippen molar-refractivity contribution in [2.45, 2.75) is 45.6 Å². The molecule has 0 heterocycles. The molecule has 8 N–H and O–H groups in total. The Hall–Kier alpha value is -5.28. The van der Waals surface area contributed by atoms with Crippen LogP contribution in [-0.2, 0) is 14.9 Å². The van der Waals surface area contributed by atoms with E-state index < -0.39 is 39.6 Å². The Bertz CT molecular complexity index is 1730. The van der Waals surface area contributed by atoms with E-state index in [2.05, 4.69) is 16.0 Å². The Kier molecular flexibility index (Phi) is 14.3. The number of unbranched alkanes of at least 4 members (excludes halogenated alkanes) is 2. The lowest BCUT2D eigenvalue weighted by Gasteiger charge is -2.19. The smallest absolute Gasteiger partial charge is 0.407 e. The van der Waals surface area contributed by atoms with Gasteiger partial charge in [-0.15, -0.1) is 0 Å². The monoisotopic (exact) mass is 683 g/mol. The van der Waals surface area contributed by atoms with Crippen LogP contribution in [0.15, 0.2) is 66.7 Å². The molecule has 0 saturated carbocycles. The fourth-order valence-electron chi connectivity index (χ4n) is 4.18. The Morgan fingerprint density at radius 2 is 1.35 bits per heavy atom. The average molecular weight is 684 g/mol. The summed E-state index contributed by atoms with van der Waals surface area (Å²) in [6.45, 7) is 6.21. The minimum absolute atomic E-state index is 0.0914. The number of benzene rings is 3. The normalized spacial score (nSPS) is 10.9. The number of hydrogen-bond acceptors (Lipinski definition) is 8. The molecular formula is C33H41N5O9S. The van der Waals surface area contributed by atoms with Gasteiger partial charge in [-0.3, -0.25) is 19.6 Å². The van der Waals surface area contributed by atoms with Gasteiger partial charge in [-0.2, -0.15) is 8.42 Å². The van der Waals surface area contributed by atoms with Crippen LogP contribution in [0.3, 0.4) is 0 Å². The summed E-state index contributed by atoms with van der Waals surface area (Å²) >= 11 is 0. The molecule has 0 aliphatic heterocycles. The Balaban J connectivity index is 0.00000149. The van der Waals surface area contributed by atoms with Crippen LogP contribution in [0.5, 0.6) is 0 Å². The number of carboxylic acid groups (broad SMARTS) is 1. The summed E-state index contributed by atoms with van der Waals surface area (Å²) in [7, 11) is -3.67. The molecule has 48 heavy (non-hydrogen) atoms. The number of nitrogens with two attached hydrogens (primary N) is 1. The number of ether oxygens (including phenoxy) is 1. The molecule has 0 unspecified atom stereocenters. The SMILES string of the molecule is CC(C)(C)OC(=O)NCCCCCNC(=O)c1ccc(-c2ccccc2C(=O)Nc2ccc(C(=N)N)cc2)c(C(=O)O)c1.CS(=O)(=O)O. The van der Waals surface area contributed by atoms with E-state index >= 15 is 0 Å². The topological polar surface area (TPSA) is 238 Å². The lowest BCUT2D eigenvalue weighted by atomic mass is 9.93. The fraction of sp³-hybridized carbons (Fsp3) is 0.303. The highest BCUT2D eigenvalue weighted by Gasteiger charge is 2.20. The molecule has 0 atom stereocenters. The summed E-state index contributed by atoms with van der Waals surface area (Å²) in [5.74, 6) is -2.20. The lowest BCUT2D eigenvalue weighted by molar-refractivity contribution is 0.0526. The molecule has 258 valence electrons. The number of carboxylic acids is 1. The van der Waals surface area contributed by atoms with Gasteiger partial charge in [0.15, 0.2) is 0 Å². The Labute approximate surface area is 279 Å². The molecule has 0 aromatic heterocycles. The van der Waals surface area contributed by atoms with E-state index in [0.717, 1.165) is 6.42 Å². The minimum Gasteiger partial charge on any atom is -0.478 e. The van der Waals surface area contributed by atoms with Crippen molar-refractivity contribution in [2.24, 2.45) is 5.73 Å². The molecule has 0 radical (unpaired) electrons. The molecule has 3 amide bonds. The van der Waals surface area contributed by atoms with Gasteiger partial charge >= 0.3 is 12.1 Å². The van der Waals surface area contributed by atoms with E-state index in [1.165, 1.54) is 18.2 Å².